The average molecular weight is 257 g/mol. The second-order valence-corrected chi connectivity index (χ2v) is 5.26. The Balaban J connectivity index is 2.31. The molecule has 1 aliphatic rings. The zero-order valence-electron chi connectivity index (χ0n) is 11.9. The summed E-state index contributed by atoms with van der Waals surface area (Å²) in [4.78, 5) is 15.8. The molecule has 1 saturated heterocycles. The van der Waals surface area contributed by atoms with Crippen LogP contribution in [0.25, 0.3) is 0 Å². The van der Waals surface area contributed by atoms with E-state index in [9.17, 15) is 4.79 Å². The monoisotopic (exact) mass is 257 g/mol. The van der Waals surface area contributed by atoms with Crippen LogP contribution in [0.3, 0.4) is 0 Å². The van der Waals surface area contributed by atoms with Gasteiger partial charge in [0.05, 0.1) is 0 Å². The molecule has 1 fully saturated rings. The second-order valence-electron chi connectivity index (χ2n) is 5.26. The van der Waals surface area contributed by atoms with Crippen LogP contribution in [0.15, 0.2) is 0 Å². The first-order chi connectivity index (χ1) is 8.54. The molecule has 0 aromatic carbocycles. The molecular weight excluding hydrogens is 230 g/mol. The summed E-state index contributed by atoms with van der Waals surface area (Å²) < 4.78 is 0. The van der Waals surface area contributed by atoms with Crippen molar-refractivity contribution in [1.82, 2.24) is 15.1 Å². The highest BCUT2D eigenvalue weighted by Gasteiger charge is 2.22. The maximum atomic E-state index is 11.1. The van der Waals surface area contributed by atoms with Gasteiger partial charge < -0.3 is 20.2 Å². The molecule has 2 unspecified atom stereocenters. The Morgan fingerprint density at radius 1 is 1.50 bits per heavy atom. The van der Waals surface area contributed by atoms with Crippen LogP contribution in [-0.2, 0) is 4.79 Å². The molecule has 0 spiro atoms. The topological polar surface area (TPSA) is 55.8 Å². The SMILES string of the molecule is CCCNC(CCN1CCN(C)C(C)C1)C(=O)O. The molecule has 2 atom stereocenters. The Labute approximate surface area is 110 Å². The lowest BCUT2D eigenvalue weighted by Crippen LogP contribution is -2.51. The largest absolute Gasteiger partial charge is 0.480 e. The van der Waals surface area contributed by atoms with E-state index in [2.05, 4.69) is 29.1 Å². The highest BCUT2D eigenvalue weighted by molar-refractivity contribution is 5.73. The zero-order valence-corrected chi connectivity index (χ0v) is 11.9. The summed E-state index contributed by atoms with van der Waals surface area (Å²) in [5.74, 6) is -0.731. The third-order valence-corrected chi connectivity index (χ3v) is 3.72. The summed E-state index contributed by atoms with van der Waals surface area (Å²) in [7, 11) is 2.14. The highest BCUT2D eigenvalue weighted by atomic mass is 16.4. The predicted octanol–water partition coefficient (Wildman–Crippen LogP) is 0.465. The van der Waals surface area contributed by atoms with Crippen molar-refractivity contribution in [2.75, 3.05) is 39.8 Å². The normalized spacial score (nSPS) is 24.1. The van der Waals surface area contributed by atoms with Gasteiger partial charge in [0.2, 0.25) is 0 Å². The first kappa shape index (κ1) is 15.4. The number of piperazine rings is 1. The van der Waals surface area contributed by atoms with Crippen LogP contribution >= 0.6 is 0 Å². The van der Waals surface area contributed by atoms with Gasteiger partial charge in [-0.2, -0.15) is 0 Å². The van der Waals surface area contributed by atoms with E-state index < -0.39 is 12.0 Å². The van der Waals surface area contributed by atoms with Gasteiger partial charge in [0, 0.05) is 32.2 Å². The van der Waals surface area contributed by atoms with Crippen LogP contribution in [-0.4, -0.2) is 72.7 Å². The number of aliphatic carboxylic acids is 1. The van der Waals surface area contributed by atoms with Gasteiger partial charge in [-0.1, -0.05) is 6.92 Å². The number of nitrogens with one attached hydrogen (secondary N) is 1. The quantitative estimate of drug-likeness (QED) is 0.694. The van der Waals surface area contributed by atoms with E-state index in [1.54, 1.807) is 0 Å². The molecule has 2 N–H and O–H groups in total. The number of rotatable bonds is 7. The Hall–Kier alpha value is -0.650. The number of carbonyl (C=O) groups is 1. The standard InChI is InChI=1S/C13H27N3O2/c1-4-6-14-12(13(17)18)5-7-16-9-8-15(3)11(2)10-16/h11-12,14H,4-10H2,1-3H3,(H,17,18). The number of carboxylic acids is 1. The Bertz CT molecular complexity index is 261. The Kier molecular flexibility index (Phi) is 6.60. The van der Waals surface area contributed by atoms with E-state index in [-0.39, 0.29) is 0 Å². The molecule has 0 aromatic rings. The lowest BCUT2D eigenvalue weighted by atomic mass is 10.1. The number of nitrogens with zero attached hydrogens (tertiary/aromatic N) is 2. The summed E-state index contributed by atoms with van der Waals surface area (Å²) in [6.45, 7) is 9.06. The lowest BCUT2D eigenvalue weighted by molar-refractivity contribution is -0.139. The number of hydrogen-bond acceptors (Lipinski definition) is 4. The lowest BCUT2D eigenvalue weighted by Gasteiger charge is -2.38. The van der Waals surface area contributed by atoms with Crippen molar-refractivity contribution in [3.05, 3.63) is 0 Å². The van der Waals surface area contributed by atoms with E-state index in [1.165, 1.54) is 0 Å². The third kappa shape index (κ3) is 4.92. The first-order valence-corrected chi connectivity index (χ1v) is 6.93. The van der Waals surface area contributed by atoms with Gasteiger partial charge in [0.1, 0.15) is 6.04 Å². The van der Waals surface area contributed by atoms with Gasteiger partial charge in [-0.25, -0.2) is 0 Å². The number of likely N-dealkylation sites (N-methyl/N-ethyl adjacent to an activating group) is 1. The summed E-state index contributed by atoms with van der Waals surface area (Å²) in [6, 6.07) is 0.158. The minimum atomic E-state index is -0.731. The Morgan fingerprint density at radius 3 is 2.78 bits per heavy atom. The van der Waals surface area contributed by atoms with Crippen molar-refractivity contribution < 1.29 is 9.90 Å². The van der Waals surface area contributed by atoms with Crippen LogP contribution < -0.4 is 5.32 Å². The molecule has 106 valence electrons. The number of carboxylic acid groups (broad SMARTS) is 1. The maximum absolute atomic E-state index is 11.1. The summed E-state index contributed by atoms with van der Waals surface area (Å²) >= 11 is 0. The van der Waals surface area contributed by atoms with E-state index >= 15 is 0 Å². The molecule has 5 nitrogen and oxygen atoms in total. The second kappa shape index (κ2) is 7.71. The molecule has 1 aliphatic heterocycles. The van der Waals surface area contributed by atoms with E-state index in [0.29, 0.717) is 12.5 Å². The van der Waals surface area contributed by atoms with E-state index in [1.807, 2.05) is 6.92 Å². The Morgan fingerprint density at radius 2 is 2.22 bits per heavy atom. The first-order valence-electron chi connectivity index (χ1n) is 6.93. The van der Waals surface area contributed by atoms with Gasteiger partial charge in [-0.3, -0.25) is 4.79 Å². The summed E-state index contributed by atoms with van der Waals surface area (Å²) in [5.41, 5.74) is 0. The van der Waals surface area contributed by atoms with E-state index in [0.717, 1.165) is 39.1 Å². The fraction of sp³-hybridized carbons (Fsp3) is 0.923. The van der Waals surface area contributed by atoms with Crippen LogP contribution in [0.4, 0.5) is 0 Å². The molecule has 1 heterocycles. The van der Waals surface area contributed by atoms with Gasteiger partial charge in [0.25, 0.3) is 0 Å². The van der Waals surface area contributed by atoms with Crippen molar-refractivity contribution in [3.63, 3.8) is 0 Å². The van der Waals surface area contributed by atoms with Gasteiger partial charge in [-0.05, 0) is 33.4 Å². The zero-order chi connectivity index (χ0) is 13.5. The molecule has 18 heavy (non-hydrogen) atoms. The summed E-state index contributed by atoms with van der Waals surface area (Å²) in [6.07, 6.45) is 1.65. The molecule has 0 bridgehead atoms. The molecule has 1 rings (SSSR count). The highest BCUT2D eigenvalue weighted by Crippen LogP contribution is 2.08. The molecule has 5 heteroatoms. The molecule has 0 radical (unpaired) electrons. The molecular formula is C13H27N3O2. The third-order valence-electron chi connectivity index (χ3n) is 3.72. The van der Waals surface area contributed by atoms with Crippen molar-refractivity contribution in [2.24, 2.45) is 0 Å². The van der Waals surface area contributed by atoms with Crippen LogP contribution in [0.5, 0.6) is 0 Å². The van der Waals surface area contributed by atoms with Gasteiger partial charge in [0.15, 0.2) is 0 Å². The minimum Gasteiger partial charge on any atom is -0.480 e. The van der Waals surface area contributed by atoms with Gasteiger partial charge in [-0.15, -0.1) is 0 Å². The van der Waals surface area contributed by atoms with Crippen molar-refractivity contribution in [2.45, 2.75) is 38.8 Å². The number of hydrogen-bond donors (Lipinski definition) is 2. The smallest absolute Gasteiger partial charge is 0.320 e. The van der Waals surface area contributed by atoms with E-state index in [4.69, 9.17) is 5.11 Å². The van der Waals surface area contributed by atoms with Crippen LogP contribution in [0.1, 0.15) is 26.7 Å². The van der Waals surface area contributed by atoms with Gasteiger partial charge >= 0.3 is 5.97 Å². The maximum Gasteiger partial charge on any atom is 0.320 e. The molecule has 0 aromatic heterocycles. The summed E-state index contributed by atoms with van der Waals surface area (Å²) in [5, 5.41) is 12.2. The average Bonchev–Trinajstić information content (AvgIpc) is 2.33. The van der Waals surface area contributed by atoms with Crippen LogP contribution in [0.2, 0.25) is 0 Å². The molecule has 0 amide bonds. The molecule has 0 saturated carbocycles. The fourth-order valence-electron chi connectivity index (χ4n) is 2.27. The minimum absolute atomic E-state index is 0.403. The predicted molar refractivity (Wildman–Crippen MR) is 72.9 cm³/mol. The molecule has 0 aliphatic carbocycles. The van der Waals surface area contributed by atoms with Crippen molar-refractivity contribution in [3.8, 4) is 0 Å². The van der Waals surface area contributed by atoms with Crippen LogP contribution in [0, 0.1) is 0 Å². The van der Waals surface area contributed by atoms with Crippen molar-refractivity contribution in [1.29, 1.82) is 0 Å². The van der Waals surface area contributed by atoms with Crippen molar-refractivity contribution >= 4 is 5.97 Å². The fourth-order valence-corrected chi connectivity index (χ4v) is 2.27.